The van der Waals surface area contributed by atoms with Gasteiger partial charge >= 0.3 is 0 Å². The predicted molar refractivity (Wildman–Crippen MR) is 93.6 cm³/mol. The molecule has 5 nitrogen and oxygen atoms in total. The van der Waals surface area contributed by atoms with Crippen molar-refractivity contribution in [3.8, 4) is 0 Å². The molecule has 0 atom stereocenters. The number of rotatable bonds is 6. The monoisotopic (exact) mass is 322 g/mol. The largest absolute Gasteiger partial charge is 0.343 e. The first-order valence-corrected chi connectivity index (χ1v) is 7.46. The van der Waals surface area contributed by atoms with Crippen LogP contribution >= 0.6 is 0 Å². The van der Waals surface area contributed by atoms with Crippen LogP contribution in [-0.4, -0.2) is 24.1 Å². The minimum absolute atomic E-state index is 0.0783. The third-order valence-electron chi connectivity index (χ3n) is 3.20. The van der Waals surface area contributed by atoms with Crippen molar-refractivity contribution in [2.24, 2.45) is 0 Å². The fourth-order valence-corrected chi connectivity index (χ4v) is 1.98. The van der Waals surface area contributed by atoms with Gasteiger partial charge in [-0.05, 0) is 30.7 Å². The maximum absolute atomic E-state index is 11.8. The van der Waals surface area contributed by atoms with Crippen LogP contribution < -0.4 is 10.6 Å². The zero-order chi connectivity index (χ0) is 17.4. The predicted octanol–water partition coefficient (Wildman–Crippen LogP) is 2.66. The van der Waals surface area contributed by atoms with E-state index in [0.717, 1.165) is 5.56 Å². The van der Waals surface area contributed by atoms with E-state index in [0.29, 0.717) is 11.3 Å². The zero-order valence-electron chi connectivity index (χ0n) is 13.3. The van der Waals surface area contributed by atoms with Gasteiger partial charge in [0.1, 0.15) is 0 Å². The molecule has 0 unspecified atom stereocenters. The lowest BCUT2D eigenvalue weighted by Gasteiger charge is -2.06. The number of carbonyl (C=O) groups excluding carboxylic acids is 3. The summed E-state index contributed by atoms with van der Waals surface area (Å²) in [5, 5.41) is 5.14. The summed E-state index contributed by atoms with van der Waals surface area (Å²) in [6, 6.07) is 16.0. The molecule has 0 fully saturated rings. The molecule has 24 heavy (non-hydrogen) atoms. The zero-order valence-corrected chi connectivity index (χ0v) is 13.3. The molecular weight excluding hydrogens is 304 g/mol. The van der Waals surface area contributed by atoms with Crippen LogP contribution in [0, 0.1) is 0 Å². The van der Waals surface area contributed by atoms with E-state index in [9.17, 15) is 14.4 Å². The Hall–Kier alpha value is -3.21. The highest BCUT2D eigenvalue weighted by Gasteiger charge is 2.06. The number of carbonyl (C=O) groups is 3. The maximum atomic E-state index is 11.8. The summed E-state index contributed by atoms with van der Waals surface area (Å²) in [5.74, 6) is -0.797. The van der Waals surface area contributed by atoms with Gasteiger partial charge in [-0.25, -0.2) is 0 Å². The molecule has 2 rings (SSSR count). The molecule has 5 heteroatoms. The van der Waals surface area contributed by atoms with Crippen molar-refractivity contribution in [1.82, 2.24) is 5.32 Å². The normalized spacial score (nSPS) is 10.4. The second-order valence-electron chi connectivity index (χ2n) is 5.15. The number of benzene rings is 2. The van der Waals surface area contributed by atoms with Gasteiger partial charge in [-0.2, -0.15) is 0 Å². The Morgan fingerprint density at radius 3 is 2.46 bits per heavy atom. The second-order valence-corrected chi connectivity index (χ2v) is 5.15. The summed E-state index contributed by atoms with van der Waals surface area (Å²) >= 11 is 0. The Morgan fingerprint density at radius 1 is 1.00 bits per heavy atom. The van der Waals surface area contributed by atoms with Crippen LogP contribution in [0.5, 0.6) is 0 Å². The van der Waals surface area contributed by atoms with Crippen molar-refractivity contribution in [2.75, 3.05) is 11.9 Å². The number of ketones is 1. The first kappa shape index (κ1) is 17.1. The lowest BCUT2D eigenvalue weighted by atomic mass is 10.1. The number of hydrogen-bond acceptors (Lipinski definition) is 3. The molecular formula is C19H18N2O3. The van der Waals surface area contributed by atoms with E-state index in [4.69, 9.17) is 0 Å². The molecule has 122 valence electrons. The Balaban J connectivity index is 1.82. The van der Waals surface area contributed by atoms with E-state index in [2.05, 4.69) is 10.6 Å². The van der Waals surface area contributed by atoms with E-state index in [1.807, 2.05) is 30.3 Å². The highest BCUT2D eigenvalue weighted by Crippen LogP contribution is 2.10. The van der Waals surface area contributed by atoms with Crippen LogP contribution in [-0.2, 0) is 9.59 Å². The number of Topliss-reactive ketones (excluding diaryl/α,β-unsaturated/α-hetero) is 1. The smallest absolute Gasteiger partial charge is 0.244 e. The molecule has 0 heterocycles. The first-order valence-electron chi connectivity index (χ1n) is 7.46. The van der Waals surface area contributed by atoms with Crippen molar-refractivity contribution >= 4 is 29.4 Å². The Bertz CT molecular complexity index is 767. The topological polar surface area (TPSA) is 75.3 Å². The van der Waals surface area contributed by atoms with Gasteiger partial charge in [-0.15, -0.1) is 0 Å². The summed E-state index contributed by atoms with van der Waals surface area (Å²) in [7, 11) is 0. The molecule has 0 aliphatic rings. The number of hydrogen-bond donors (Lipinski definition) is 2. The van der Waals surface area contributed by atoms with Crippen LogP contribution in [0.3, 0.4) is 0 Å². The summed E-state index contributed by atoms with van der Waals surface area (Å²) in [5.41, 5.74) is 1.93. The highest BCUT2D eigenvalue weighted by atomic mass is 16.2. The molecule has 0 aliphatic carbocycles. The quantitative estimate of drug-likeness (QED) is 0.634. The standard InChI is InChI=1S/C19H18N2O3/c1-14(22)16-8-5-9-17(12-16)21-19(24)13-20-18(23)11-10-15-6-3-2-4-7-15/h2-12H,13H2,1H3,(H,20,23)(H,21,24)/b11-10+. The van der Waals surface area contributed by atoms with E-state index in [1.54, 1.807) is 30.3 Å². The molecule has 0 saturated heterocycles. The van der Waals surface area contributed by atoms with E-state index in [-0.39, 0.29) is 24.1 Å². The number of amides is 2. The minimum Gasteiger partial charge on any atom is -0.343 e. The van der Waals surface area contributed by atoms with Crippen molar-refractivity contribution in [3.05, 3.63) is 71.8 Å². The molecule has 0 spiro atoms. The van der Waals surface area contributed by atoms with Gasteiger partial charge in [0.25, 0.3) is 0 Å². The minimum atomic E-state index is -0.364. The highest BCUT2D eigenvalue weighted by molar-refractivity contribution is 5.99. The van der Waals surface area contributed by atoms with Gasteiger partial charge in [0.05, 0.1) is 6.54 Å². The Kier molecular flexibility index (Phi) is 6.02. The first-order chi connectivity index (χ1) is 11.5. The van der Waals surface area contributed by atoms with Gasteiger partial charge in [-0.1, -0.05) is 42.5 Å². The van der Waals surface area contributed by atoms with Gasteiger partial charge < -0.3 is 10.6 Å². The lowest BCUT2D eigenvalue weighted by molar-refractivity contribution is -0.121. The maximum Gasteiger partial charge on any atom is 0.244 e. The second kappa shape index (κ2) is 8.43. The molecule has 0 aliphatic heterocycles. The Labute approximate surface area is 140 Å². The molecule has 2 amide bonds. The van der Waals surface area contributed by atoms with Crippen LogP contribution in [0.4, 0.5) is 5.69 Å². The lowest BCUT2D eigenvalue weighted by Crippen LogP contribution is -2.31. The molecule has 0 radical (unpaired) electrons. The van der Waals surface area contributed by atoms with Crippen LogP contribution in [0.1, 0.15) is 22.8 Å². The average molecular weight is 322 g/mol. The van der Waals surface area contributed by atoms with Crippen molar-refractivity contribution in [3.63, 3.8) is 0 Å². The average Bonchev–Trinajstić information content (AvgIpc) is 2.59. The molecule has 0 bridgehead atoms. The number of anilines is 1. The molecule has 2 aromatic rings. The summed E-state index contributed by atoms with van der Waals surface area (Å²) < 4.78 is 0. The van der Waals surface area contributed by atoms with E-state index in [1.165, 1.54) is 13.0 Å². The van der Waals surface area contributed by atoms with Crippen molar-refractivity contribution in [2.45, 2.75) is 6.92 Å². The van der Waals surface area contributed by atoms with Gasteiger partial charge in [-0.3, -0.25) is 14.4 Å². The molecule has 0 saturated carbocycles. The van der Waals surface area contributed by atoms with Gasteiger partial charge in [0.2, 0.25) is 11.8 Å². The van der Waals surface area contributed by atoms with E-state index < -0.39 is 0 Å². The molecule has 2 N–H and O–H groups in total. The number of nitrogens with one attached hydrogen (secondary N) is 2. The van der Waals surface area contributed by atoms with Gasteiger partial charge in [0, 0.05) is 17.3 Å². The van der Waals surface area contributed by atoms with Crippen LogP contribution in [0.2, 0.25) is 0 Å². The third-order valence-corrected chi connectivity index (χ3v) is 3.20. The Morgan fingerprint density at radius 2 is 1.75 bits per heavy atom. The van der Waals surface area contributed by atoms with Crippen molar-refractivity contribution in [1.29, 1.82) is 0 Å². The summed E-state index contributed by atoms with van der Waals surface area (Å²) in [6.45, 7) is 1.31. The van der Waals surface area contributed by atoms with Crippen LogP contribution in [0.15, 0.2) is 60.7 Å². The molecule has 2 aromatic carbocycles. The molecule has 0 aromatic heterocycles. The summed E-state index contributed by atoms with van der Waals surface area (Å²) in [6.07, 6.45) is 3.04. The SMILES string of the molecule is CC(=O)c1cccc(NC(=O)CNC(=O)/C=C/c2ccccc2)c1. The third kappa shape index (κ3) is 5.53. The fraction of sp³-hybridized carbons (Fsp3) is 0.105. The van der Waals surface area contributed by atoms with E-state index >= 15 is 0 Å². The van der Waals surface area contributed by atoms with Crippen LogP contribution in [0.25, 0.3) is 6.08 Å². The summed E-state index contributed by atoms with van der Waals surface area (Å²) in [4.78, 5) is 34.8. The van der Waals surface area contributed by atoms with Crippen molar-refractivity contribution < 1.29 is 14.4 Å². The van der Waals surface area contributed by atoms with Gasteiger partial charge in [0.15, 0.2) is 5.78 Å². The fourth-order valence-electron chi connectivity index (χ4n) is 1.98.